The van der Waals surface area contributed by atoms with Crippen molar-refractivity contribution in [2.24, 2.45) is 0 Å². The minimum atomic E-state index is 0.528. The topological polar surface area (TPSA) is 73.1 Å². The van der Waals surface area contributed by atoms with Gasteiger partial charge in [0, 0.05) is 32.2 Å². The van der Waals surface area contributed by atoms with Crippen LogP contribution in [0.25, 0.3) is 0 Å². The third-order valence-corrected chi connectivity index (χ3v) is 2.68. The minimum Gasteiger partial charge on any atom is -0.384 e. The number of nitrogens with one attached hydrogen (secondary N) is 1. The second kappa shape index (κ2) is 9.55. The molecular weight excluding hydrogens is 240 g/mol. The lowest BCUT2D eigenvalue weighted by Gasteiger charge is -2.08. The van der Waals surface area contributed by atoms with Crippen molar-refractivity contribution in [3.05, 3.63) is 11.9 Å². The molecule has 1 rings (SSSR count). The van der Waals surface area contributed by atoms with Crippen molar-refractivity contribution in [2.75, 3.05) is 30.8 Å². The quantitative estimate of drug-likeness (QED) is 0.637. The monoisotopic (exact) mass is 266 g/mol. The fraction of sp³-hybridized carbons (Fsp3) is 0.714. The number of aromatic nitrogens is 2. The minimum absolute atomic E-state index is 0.528. The van der Waals surface area contributed by atoms with E-state index in [-0.39, 0.29) is 0 Å². The van der Waals surface area contributed by atoms with Crippen LogP contribution in [0.15, 0.2) is 6.07 Å². The Bertz CT molecular complexity index is 357. The van der Waals surface area contributed by atoms with Gasteiger partial charge in [0.15, 0.2) is 0 Å². The van der Waals surface area contributed by atoms with Crippen molar-refractivity contribution < 1.29 is 4.74 Å². The number of nitrogen functional groups attached to an aromatic ring is 1. The normalized spacial score (nSPS) is 10.6. The molecule has 0 aromatic carbocycles. The third-order valence-electron chi connectivity index (χ3n) is 2.68. The van der Waals surface area contributed by atoms with Crippen LogP contribution in [0.5, 0.6) is 0 Å². The van der Waals surface area contributed by atoms with Crippen LogP contribution < -0.4 is 11.1 Å². The molecule has 19 heavy (non-hydrogen) atoms. The zero-order chi connectivity index (χ0) is 13.9. The standard InChI is InChI=1S/C14H26N4O/c1-3-5-9-19-10-6-8-16-14-11-12(15)17-13(18-14)7-4-2/h11H,3-10H2,1-2H3,(H3,15,16,17,18). The first kappa shape index (κ1) is 15.7. The van der Waals surface area contributed by atoms with Gasteiger partial charge < -0.3 is 15.8 Å². The van der Waals surface area contributed by atoms with Crippen LogP contribution in [0.3, 0.4) is 0 Å². The summed E-state index contributed by atoms with van der Waals surface area (Å²) in [6.07, 6.45) is 5.17. The van der Waals surface area contributed by atoms with E-state index in [0.29, 0.717) is 5.82 Å². The molecule has 1 aromatic rings. The first-order valence-electron chi connectivity index (χ1n) is 7.21. The number of hydrogen-bond donors (Lipinski definition) is 2. The molecule has 0 fully saturated rings. The largest absolute Gasteiger partial charge is 0.384 e. The smallest absolute Gasteiger partial charge is 0.133 e. The molecule has 0 atom stereocenters. The lowest BCUT2D eigenvalue weighted by molar-refractivity contribution is 0.131. The molecule has 0 saturated heterocycles. The zero-order valence-corrected chi connectivity index (χ0v) is 12.1. The maximum atomic E-state index is 5.76. The number of ether oxygens (including phenoxy) is 1. The number of aryl methyl sites for hydroxylation is 1. The van der Waals surface area contributed by atoms with E-state index in [1.54, 1.807) is 6.07 Å². The van der Waals surface area contributed by atoms with Gasteiger partial charge >= 0.3 is 0 Å². The van der Waals surface area contributed by atoms with E-state index in [1.165, 1.54) is 6.42 Å². The average molecular weight is 266 g/mol. The van der Waals surface area contributed by atoms with Crippen molar-refractivity contribution >= 4 is 11.6 Å². The highest BCUT2D eigenvalue weighted by Gasteiger charge is 2.01. The Morgan fingerprint density at radius 3 is 2.68 bits per heavy atom. The summed E-state index contributed by atoms with van der Waals surface area (Å²) in [4.78, 5) is 8.63. The Balaban J connectivity index is 2.25. The van der Waals surface area contributed by atoms with E-state index in [0.717, 1.165) is 57.1 Å². The Morgan fingerprint density at radius 2 is 1.95 bits per heavy atom. The fourth-order valence-corrected chi connectivity index (χ4v) is 1.68. The first-order chi connectivity index (χ1) is 9.26. The van der Waals surface area contributed by atoms with Gasteiger partial charge in [0.2, 0.25) is 0 Å². The van der Waals surface area contributed by atoms with Gasteiger partial charge in [0.1, 0.15) is 17.5 Å². The maximum Gasteiger partial charge on any atom is 0.133 e. The highest BCUT2D eigenvalue weighted by molar-refractivity contribution is 5.44. The molecule has 5 nitrogen and oxygen atoms in total. The third kappa shape index (κ3) is 6.96. The Kier molecular flexibility index (Phi) is 7.89. The Morgan fingerprint density at radius 1 is 1.16 bits per heavy atom. The molecule has 0 saturated carbocycles. The average Bonchev–Trinajstić information content (AvgIpc) is 2.37. The van der Waals surface area contributed by atoms with Gasteiger partial charge in [-0.2, -0.15) is 0 Å². The summed E-state index contributed by atoms with van der Waals surface area (Å²) in [6, 6.07) is 1.77. The number of anilines is 2. The molecule has 0 aliphatic carbocycles. The van der Waals surface area contributed by atoms with E-state index in [4.69, 9.17) is 10.5 Å². The van der Waals surface area contributed by atoms with Crippen LogP contribution in [-0.4, -0.2) is 29.7 Å². The van der Waals surface area contributed by atoms with Crippen LogP contribution in [0, 0.1) is 0 Å². The van der Waals surface area contributed by atoms with Gasteiger partial charge in [0.25, 0.3) is 0 Å². The van der Waals surface area contributed by atoms with E-state index < -0.39 is 0 Å². The van der Waals surface area contributed by atoms with Crippen molar-refractivity contribution in [1.82, 2.24) is 9.97 Å². The van der Waals surface area contributed by atoms with E-state index >= 15 is 0 Å². The predicted octanol–water partition coefficient (Wildman–Crippen LogP) is 2.63. The molecule has 108 valence electrons. The van der Waals surface area contributed by atoms with Crippen LogP contribution in [0.4, 0.5) is 11.6 Å². The highest BCUT2D eigenvalue weighted by atomic mass is 16.5. The van der Waals surface area contributed by atoms with Gasteiger partial charge in [-0.3, -0.25) is 0 Å². The summed E-state index contributed by atoms with van der Waals surface area (Å²) in [5, 5.41) is 3.26. The summed E-state index contributed by atoms with van der Waals surface area (Å²) in [6.45, 7) is 6.76. The molecule has 1 heterocycles. The molecule has 0 aliphatic rings. The lowest BCUT2D eigenvalue weighted by atomic mass is 10.3. The van der Waals surface area contributed by atoms with Gasteiger partial charge in [-0.05, 0) is 19.3 Å². The van der Waals surface area contributed by atoms with Crippen LogP contribution >= 0.6 is 0 Å². The van der Waals surface area contributed by atoms with Crippen molar-refractivity contribution in [2.45, 2.75) is 46.0 Å². The van der Waals surface area contributed by atoms with Crippen molar-refractivity contribution in [1.29, 1.82) is 0 Å². The summed E-state index contributed by atoms with van der Waals surface area (Å²) in [5.41, 5.74) is 5.76. The number of nitrogens with two attached hydrogens (primary N) is 1. The highest BCUT2D eigenvalue weighted by Crippen LogP contribution is 2.09. The summed E-state index contributed by atoms with van der Waals surface area (Å²) in [5.74, 6) is 2.15. The first-order valence-corrected chi connectivity index (χ1v) is 7.21. The second-order valence-electron chi connectivity index (χ2n) is 4.59. The van der Waals surface area contributed by atoms with Crippen LogP contribution in [0.2, 0.25) is 0 Å². The van der Waals surface area contributed by atoms with Gasteiger partial charge in [-0.15, -0.1) is 0 Å². The molecule has 0 amide bonds. The molecule has 1 aromatic heterocycles. The van der Waals surface area contributed by atoms with Gasteiger partial charge in [-0.25, -0.2) is 9.97 Å². The fourth-order valence-electron chi connectivity index (χ4n) is 1.68. The SMILES string of the molecule is CCCCOCCCNc1cc(N)nc(CCC)n1. The molecule has 0 unspecified atom stereocenters. The number of rotatable bonds is 10. The van der Waals surface area contributed by atoms with E-state index in [2.05, 4.69) is 29.1 Å². The van der Waals surface area contributed by atoms with Gasteiger partial charge in [-0.1, -0.05) is 20.3 Å². The van der Waals surface area contributed by atoms with Crippen molar-refractivity contribution in [3.63, 3.8) is 0 Å². The Hall–Kier alpha value is -1.36. The molecular formula is C14H26N4O. The van der Waals surface area contributed by atoms with Crippen LogP contribution in [-0.2, 0) is 11.2 Å². The summed E-state index contributed by atoms with van der Waals surface area (Å²) >= 11 is 0. The molecule has 5 heteroatoms. The second-order valence-corrected chi connectivity index (χ2v) is 4.59. The summed E-state index contributed by atoms with van der Waals surface area (Å²) < 4.78 is 5.50. The lowest BCUT2D eigenvalue weighted by Crippen LogP contribution is -2.10. The molecule has 3 N–H and O–H groups in total. The maximum absolute atomic E-state index is 5.76. The molecule has 0 bridgehead atoms. The molecule has 0 radical (unpaired) electrons. The van der Waals surface area contributed by atoms with E-state index in [1.807, 2.05) is 0 Å². The van der Waals surface area contributed by atoms with Gasteiger partial charge in [0.05, 0.1) is 0 Å². The number of unbranched alkanes of at least 4 members (excludes halogenated alkanes) is 1. The predicted molar refractivity (Wildman–Crippen MR) is 79.3 cm³/mol. The zero-order valence-electron chi connectivity index (χ0n) is 12.1. The summed E-state index contributed by atoms with van der Waals surface area (Å²) in [7, 11) is 0. The molecule has 0 spiro atoms. The molecule has 0 aliphatic heterocycles. The Labute approximate surface area is 116 Å². The number of hydrogen-bond acceptors (Lipinski definition) is 5. The number of nitrogens with zero attached hydrogens (tertiary/aromatic N) is 2. The van der Waals surface area contributed by atoms with Crippen molar-refractivity contribution in [3.8, 4) is 0 Å². The van der Waals surface area contributed by atoms with Crippen LogP contribution in [0.1, 0.15) is 45.4 Å². The van der Waals surface area contributed by atoms with E-state index in [9.17, 15) is 0 Å².